The van der Waals surface area contributed by atoms with E-state index in [-0.39, 0.29) is 39.2 Å². The fraction of sp³-hybridized carbons (Fsp3) is 0.235. The predicted molar refractivity (Wildman–Crippen MR) is 95.4 cm³/mol. The number of anilines is 1. The van der Waals surface area contributed by atoms with Gasteiger partial charge in [0.2, 0.25) is 0 Å². The monoisotopic (exact) mass is 381 g/mol. The molecule has 0 radical (unpaired) electrons. The van der Waals surface area contributed by atoms with Crippen LogP contribution in [-0.4, -0.2) is 36.8 Å². The van der Waals surface area contributed by atoms with E-state index in [1.54, 1.807) is 6.92 Å². The van der Waals surface area contributed by atoms with Gasteiger partial charge in [0.25, 0.3) is 0 Å². The van der Waals surface area contributed by atoms with Crippen molar-refractivity contribution >= 4 is 29.5 Å². The second kappa shape index (κ2) is 8.48. The van der Waals surface area contributed by atoms with Gasteiger partial charge in [0.15, 0.2) is 23.1 Å². The number of esters is 1. The van der Waals surface area contributed by atoms with Gasteiger partial charge in [-0.2, -0.15) is 0 Å². The number of hydrogen-bond donors (Lipinski definition) is 1. The fourth-order valence-corrected chi connectivity index (χ4v) is 2.35. The lowest BCUT2D eigenvalue weighted by atomic mass is 10.1. The van der Waals surface area contributed by atoms with Gasteiger partial charge in [-0.15, -0.1) is 0 Å². The Balaban J connectivity index is 2.66. The number of nitrogens with zero attached hydrogens (tertiary/aromatic N) is 2. The first-order valence-electron chi connectivity index (χ1n) is 7.50. The summed E-state index contributed by atoms with van der Waals surface area (Å²) in [5.74, 6) is -1.83. The van der Waals surface area contributed by atoms with Crippen molar-refractivity contribution in [2.24, 2.45) is 0 Å². The zero-order valence-electron chi connectivity index (χ0n) is 14.4. The lowest BCUT2D eigenvalue weighted by molar-refractivity contribution is 0.0593. The van der Waals surface area contributed by atoms with E-state index in [4.69, 9.17) is 31.5 Å². The van der Waals surface area contributed by atoms with Crippen LogP contribution in [0.5, 0.6) is 5.75 Å². The summed E-state index contributed by atoms with van der Waals surface area (Å²) in [6.45, 7) is 2.23. The third-order valence-electron chi connectivity index (χ3n) is 3.35. The van der Waals surface area contributed by atoms with Gasteiger partial charge in [-0.05, 0) is 25.1 Å². The Morgan fingerprint density at radius 3 is 2.69 bits per heavy atom. The molecule has 0 atom stereocenters. The van der Waals surface area contributed by atoms with Gasteiger partial charge in [-0.25, -0.2) is 19.2 Å². The van der Waals surface area contributed by atoms with Crippen LogP contribution in [0.3, 0.4) is 0 Å². The van der Waals surface area contributed by atoms with Crippen LogP contribution < -0.4 is 10.5 Å². The number of carbonyl (C=O) groups excluding carboxylic acids is 1. The first-order valence-corrected chi connectivity index (χ1v) is 7.88. The van der Waals surface area contributed by atoms with Crippen molar-refractivity contribution in [3.8, 4) is 17.1 Å². The molecule has 138 valence electrons. The maximum atomic E-state index is 14.6. The van der Waals surface area contributed by atoms with Gasteiger partial charge < -0.3 is 19.9 Å². The molecule has 0 amide bonds. The van der Waals surface area contributed by atoms with Crippen molar-refractivity contribution in [1.82, 2.24) is 9.97 Å². The second-order valence-corrected chi connectivity index (χ2v) is 5.29. The summed E-state index contributed by atoms with van der Waals surface area (Å²) in [5, 5.41) is 0.0891. The molecule has 0 spiro atoms. The molecule has 0 fully saturated rings. The average molecular weight is 382 g/mol. The van der Waals surface area contributed by atoms with Gasteiger partial charge in [0, 0.05) is 0 Å². The lowest BCUT2D eigenvalue weighted by Gasteiger charge is -2.12. The Bertz CT molecular complexity index is 858. The summed E-state index contributed by atoms with van der Waals surface area (Å²) in [6.07, 6.45) is 2.79. The molecule has 9 heteroatoms. The van der Waals surface area contributed by atoms with E-state index in [0.717, 1.165) is 0 Å². The topological polar surface area (TPSA) is 96.6 Å². The van der Waals surface area contributed by atoms with E-state index < -0.39 is 11.8 Å². The Morgan fingerprint density at radius 1 is 1.35 bits per heavy atom. The van der Waals surface area contributed by atoms with Crippen molar-refractivity contribution < 1.29 is 23.4 Å². The molecule has 0 aliphatic rings. The highest BCUT2D eigenvalue weighted by atomic mass is 35.5. The molecule has 2 rings (SSSR count). The zero-order valence-corrected chi connectivity index (χ0v) is 15.1. The highest BCUT2D eigenvalue weighted by Crippen LogP contribution is 2.34. The van der Waals surface area contributed by atoms with Crippen molar-refractivity contribution in [3.05, 3.63) is 40.5 Å². The summed E-state index contributed by atoms with van der Waals surface area (Å²) in [4.78, 5) is 20.3. The number of nitrogens with two attached hydrogens (primary N) is 1. The summed E-state index contributed by atoms with van der Waals surface area (Å²) >= 11 is 5.89. The van der Waals surface area contributed by atoms with E-state index in [1.165, 1.54) is 38.7 Å². The van der Waals surface area contributed by atoms with Crippen LogP contribution >= 0.6 is 11.6 Å². The Kier molecular flexibility index (Phi) is 6.35. The SMILES string of the molecule is CCOC=Cc1c(N)nc(-c2ccc(Cl)c(OC)c2F)nc1C(=O)OC. The summed E-state index contributed by atoms with van der Waals surface area (Å²) in [7, 11) is 2.48. The molecule has 0 saturated heterocycles. The Morgan fingerprint density at radius 2 is 2.08 bits per heavy atom. The average Bonchev–Trinajstić information content (AvgIpc) is 2.62. The molecule has 2 aromatic rings. The van der Waals surface area contributed by atoms with Gasteiger partial charge >= 0.3 is 5.97 Å². The molecular formula is C17H17ClFN3O4. The standard InChI is InChI=1S/C17H17ClFN3O4/c1-4-26-8-7-10-13(17(23)25-3)21-16(22-15(10)20)9-5-6-11(18)14(24-2)12(9)19/h5-8H,4H2,1-3H3,(H2,20,21,22). The van der Waals surface area contributed by atoms with Gasteiger partial charge in [-0.1, -0.05) is 11.6 Å². The van der Waals surface area contributed by atoms with E-state index >= 15 is 0 Å². The smallest absolute Gasteiger partial charge is 0.357 e. The molecule has 26 heavy (non-hydrogen) atoms. The summed E-state index contributed by atoms with van der Waals surface area (Å²) in [6, 6.07) is 2.80. The maximum absolute atomic E-state index is 14.6. The minimum absolute atomic E-state index is 0.0246. The van der Waals surface area contributed by atoms with Gasteiger partial charge in [0.1, 0.15) is 5.82 Å². The fourth-order valence-electron chi connectivity index (χ4n) is 2.13. The van der Waals surface area contributed by atoms with Crippen molar-refractivity contribution in [2.75, 3.05) is 26.6 Å². The van der Waals surface area contributed by atoms with Crippen LogP contribution in [0.15, 0.2) is 18.4 Å². The normalized spacial score (nSPS) is 10.8. The number of nitrogen functional groups attached to an aromatic ring is 1. The highest BCUT2D eigenvalue weighted by molar-refractivity contribution is 6.32. The van der Waals surface area contributed by atoms with Crippen LogP contribution in [0, 0.1) is 5.82 Å². The number of halogens is 2. The van der Waals surface area contributed by atoms with Crippen LogP contribution in [0.1, 0.15) is 23.0 Å². The zero-order chi connectivity index (χ0) is 19.3. The van der Waals surface area contributed by atoms with E-state index in [0.29, 0.717) is 6.61 Å². The molecule has 0 aliphatic heterocycles. The molecular weight excluding hydrogens is 365 g/mol. The number of aromatic nitrogens is 2. The molecule has 0 unspecified atom stereocenters. The first-order chi connectivity index (χ1) is 12.4. The number of hydrogen-bond acceptors (Lipinski definition) is 7. The third-order valence-corrected chi connectivity index (χ3v) is 3.64. The molecule has 7 nitrogen and oxygen atoms in total. The molecule has 1 aromatic heterocycles. The van der Waals surface area contributed by atoms with Gasteiger partial charge in [0.05, 0.1) is 43.2 Å². The van der Waals surface area contributed by atoms with E-state index in [1.807, 2.05) is 0 Å². The second-order valence-electron chi connectivity index (χ2n) is 4.89. The van der Waals surface area contributed by atoms with Crippen molar-refractivity contribution in [1.29, 1.82) is 0 Å². The first kappa shape index (κ1) is 19.5. The van der Waals surface area contributed by atoms with Crippen LogP contribution in [0.25, 0.3) is 17.5 Å². The minimum atomic E-state index is -0.771. The van der Waals surface area contributed by atoms with Crippen LogP contribution in [0.2, 0.25) is 5.02 Å². The molecule has 0 saturated carbocycles. The number of rotatable bonds is 6. The lowest BCUT2D eigenvalue weighted by Crippen LogP contribution is -2.12. The molecule has 0 bridgehead atoms. The number of carbonyl (C=O) groups is 1. The summed E-state index contributed by atoms with van der Waals surface area (Å²) < 4.78 is 29.4. The van der Waals surface area contributed by atoms with Crippen molar-refractivity contribution in [2.45, 2.75) is 6.92 Å². The van der Waals surface area contributed by atoms with Crippen molar-refractivity contribution in [3.63, 3.8) is 0 Å². The van der Waals surface area contributed by atoms with Gasteiger partial charge in [-0.3, -0.25) is 0 Å². The quantitative estimate of drug-likeness (QED) is 0.605. The summed E-state index contributed by atoms with van der Waals surface area (Å²) in [5.41, 5.74) is 5.99. The van der Waals surface area contributed by atoms with Crippen LogP contribution in [0.4, 0.5) is 10.2 Å². The molecule has 0 aliphatic carbocycles. The Hall–Kier alpha value is -2.87. The number of methoxy groups -OCH3 is 2. The molecule has 2 N–H and O–H groups in total. The predicted octanol–water partition coefficient (Wildman–Crippen LogP) is 3.32. The molecule has 1 aromatic carbocycles. The maximum Gasteiger partial charge on any atom is 0.357 e. The molecule has 1 heterocycles. The third kappa shape index (κ3) is 3.85. The van der Waals surface area contributed by atoms with E-state index in [2.05, 4.69) is 9.97 Å². The Labute approximate surface area is 154 Å². The highest BCUT2D eigenvalue weighted by Gasteiger charge is 2.22. The largest absolute Gasteiger partial charge is 0.501 e. The number of benzene rings is 1. The minimum Gasteiger partial charge on any atom is -0.501 e. The van der Waals surface area contributed by atoms with E-state index in [9.17, 15) is 9.18 Å². The van der Waals surface area contributed by atoms with Crippen LogP contribution in [-0.2, 0) is 9.47 Å². The number of ether oxygens (including phenoxy) is 3.